The van der Waals surface area contributed by atoms with Gasteiger partial charge >= 0.3 is 0 Å². The van der Waals surface area contributed by atoms with Crippen LogP contribution < -0.4 is 5.32 Å². The highest BCUT2D eigenvalue weighted by Gasteiger charge is 2.40. The number of alkyl halides is 1. The van der Waals surface area contributed by atoms with Crippen LogP contribution in [0.25, 0.3) is 0 Å². The molecular formula is C15H28BrNO. The van der Waals surface area contributed by atoms with Gasteiger partial charge in [-0.1, -0.05) is 42.1 Å². The fourth-order valence-corrected chi connectivity index (χ4v) is 4.07. The molecule has 1 saturated carbocycles. The van der Waals surface area contributed by atoms with Gasteiger partial charge in [0.2, 0.25) is 0 Å². The molecule has 1 N–H and O–H groups in total. The number of hydrogen-bond donors (Lipinski definition) is 1. The average molecular weight is 318 g/mol. The van der Waals surface area contributed by atoms with Crippen LogP contribution in [0.4, 0.5) is 0 Å². The maximum Gasteiger partial charge on any atom is 0.0708 e. The molecule has 2 rings (SSSR count). The van der Waals surface area contributed by atoms with Gasteiger partial charge in [0.15, 0.2) is 0 Å². The molecule has 2 aliphatic rings. The summed E-state index contributed by atoms with van der Waals surface area (Å²) in [4.78, 5) is 0.592. The van der Waals surface area contributed by atoms with E-state index in [9.17, 15) is 0 Å². The van der Waals surface area contributed by atoms with Gasteiger partial charge in [-0.15, -0.1) is 0 Å². The highest BCUT2D eigenvalue weighted by molar-refractivity contribution is 9.09. The lowest BCUT2D eigenvalue weighted by atomic mass is 9.83. The lowest BCUT2D eigenvalue weighted by Gasteiger charge is -2.33. The molecular weight excluding hydrogens is 290 g/mol. The van der Waals surface area contributed by atoms with Crippen molar-refractivity contribution < 1.29 is 4.74 Å². The molecule has 3 atom stereocenters. The van der Waals surface area contributed by atoms with Gasteiger partial charge in [-0.3, -0.25) is 0 Å². The van der Waals surface area contributed by atoms with Gasteiger partial charge < -0.3 is 10.1 Å². The summed E-state index contributed by atoms with van der Waals surface area (Å²) in [5, 5.41) is 3.62. The second-order valence-corrected chi connectivity index (χ2v) is 7.91. The fourth-order valence-electron chi connectivity index (χ4n) is 3.51. The minimum Gasteiger partial charge on any atom is -0.370 e. The third kappa shape index (κ3) is 4.21. The first-order valence-corrected chi connectivity index (χ1v) is 8.56. The molecule has 0 aromatic rings. The standard InChI is InChI=1S/C15H28BrNO/c1-12(16)10-13(2)17-11-14-6-9-15(18-14)7-4-3-5-8-15/h12-14,17H,3-11H2,1-2H3. The van der Waals surface area contributed by atoms with Crippen LogP contribution in [0, 0.1) is 0 Å². The highest BCUT2D eigenvalue weighted by atomic mass is 79.9. The van der Waals surface area contributed by atoms with Crippen LogP contribution in [0.3, 0.4) is 0 Å². The Balaban J connectivity index is 1.69. The molecule has 2 fully saturated rings. The Morgan fingerprint density at radius 2 is 1.94 bits per heavy atom. The van der Waals surface area contributed by atoms with Gasteiger partial charge in [0.25, 0.3) is 0 Å². The van der Waals surface area contributed by atoms with Gasteiger partial charge in [0.1, 0.15) is 0 Å². The van der Waals surface area contributed by atoms with Crippen LogP contribution in [-0.4, -0.2) is 29.1 Å². The van der Waals surface area contributed by atoms with Gasteiger partial charge in [0.05, 0.1) is 11.7 Å². The fraction of sp³-hybridized carbons (Fsp3) is 1.00. The first-order chi connectivity index (χ1) is 8.60. The van der Waals surface area contributed by atoms with Gasteiger partial charge in [0, 0.05) is 17.4 Å². The lowest BCUT2D eigenvalue weighted by Crippen LogP contribution is -2.37. The zero-order chi connectivity index (χ0) is 13.0. The number of rotatable bonds is 5. The minimum absolute atomic E-state index is 0.274. The van der Waals surface area contributed by atoms with Crippen LogP contribution in [0.1, 0.15) is 65.2 Å². The molecule has 1 aliphatic carbocycles. The van der Waals surface area contributed by atoms with Crippen LogP contribution in [0.2, 0.25) is 0 Å². The molecule has 2 nitrogen and oxygen atoms in total. The summed E-state index contributed by atoms with van der Waals surface area (Å²) in [6.07, 6.45) is 10.9. The summed E-state index contributed by atoms with van der Waals surface area (Å²) < 4.78 is 6.37. The predicted molar refractivity (Wildman–Crippen MR) is 80.4 cm³/mol. The summed E-state index contributed by atoms with van der Waals surface area (Å²) in [7, 11) is 0. The molecule has 1 heterocycles. The molecule has 3 heteroatoms. The van der Waals surface area contributed by atoms with E-state index >= 15 is 0 Å². The minimum atomic E-state index is 0.274. The third-order valence-electron chi connectivity index (χ3n) is 4.48. The molecule has 1 aliphatic heterocycles. The zero-order valence-electron chi connectivity index (χ0n) is 11.9. The van der Waals surface area contributed by atoms with E-state index in [1.54, 1.807) is 0 Å². The van der Waals surface area contributed by atoms with Gasteiger partial charge in [-0.2, -0.15) is 0 Å². The molecule has 0 amide bonds. The van der Waals surface area contributed by atoms with Gasteiger partial charge in [-0.25, -0.2) is 0 Å². The number of ether oxygens (including phenoxy) is 1. The monoisotopic (exact) mass is 317 g/mol. The summed E-state index contributed by atoms with van der Waals surface area (Å²) in [5.41, 5.74) is 0.274. The highest BCUT2D eigenvalue weighted by Crippen LogP contribution is 2.41. The Kier molecular flexibility index (Phi) is 5.52. The Labute approximate surface area is 120 Å². The van der Waals surface area contributed by atoms with E-state index < -0.39 is 0 Å². The first-order valence-electron chi connectivity index (χ1n) is 7.65. The first kappa shape index (κ1) is 14.8. The normalized spacial score (nSPS) is 30.5. The third-order valence-corrected chi connectivity index (χ3v) is 4.85. The molecule has 106 valence electrons. The summed E-state index contributed by atoms with van der Waals surface area (Å²) in [6.45, 7) is 5.51. The maximum atomic E-state index is 6.37. The number of halogens is 1. The van der Waals surface area contributed by atoms with Crippen molar-refractivity contribution in [1.82, 2.24) is 5.32 Å². The summed E-state index contributed by atoms with van der Waals surface area (Å²) >= 11 is 3.61. The summed E-state index contributed by atoms with van der Waals surface area (Å²) in [5.74, 6) is 0. The zero-order valence-corrected chi connectivity index (χ0v) is 13.5. The van der Waals surface area contributed by atoms with E-state index in [1.807, 2.05) is 0 Å². The van der Waals surface area contributed by atoms with Crippen molar-refractivity contribution in [2.24, 2.45) is 0 Å². The topological polar surface area (TPSA) is 21.3 Å². The Morgan fingerprint density at radius 3 is 2.61 bits per heavy atom. The van der Waals surface area contributed by atoms with Crippen molar-refractivity contribution in [3.63, 3.8) is 0 Å². The van der Waals surface area contributed by atoms with Crippen LogP contribution in [0.5, 0.6) is 0 Å². The Hall–Kier alpha value is 0.400. The molecule has 0 radical (unpaired) electrons. The molecule has 3 unspecified atom stereocenters. The molecule has 1 spiro atoms. The molecule has 1 saturated heterocycles. The molecule has 0 aromatic carbocycles. The second-order valence-electron chi connectivity index (χ2n) is 6.35. The predicted octanol–water partition coefficient (Wildman–Crippen LogP) is 4.02. The quantitative estimate of drug-likeness (QED) is 0.773. The smallest absolute Gasteiger partial charge is 0.0708 e. The Bertz CT molecular complexity index is 251. The largest absolute Gasteiger partial charge is 0.370 e. The van der Waals surface area contributed by atoms with E-state index in [4.69, 9.17) is 4.74 Å². The Morgan fingerprint density at radius 1 is 1.22 bits per heavy atom. The van der Waals surface area contributed by atoms with E-state index in [2.05, 4.69) is 35.1 Å². The average Bonchev–Trinajstić information content (AvgIpc) is 2.70. The van der Waals surface area contributed by atoms with Crippen LogP contribution in [-0.2, 0) is 4.74 Å². The van der Waals surface area contributed by atoms with E-state index in [0.717, 1.165) is 6.54 Å². The van der Waals surface area contributed by atoms with Crippen LogP contribution in [0.15, 0.2) is 0 Å². The van der Waals surface area contributed by atoms with Crippen LogP contribution >= 0.6 is 15.9 Å². The maximum absolute atomic E-state index is 6.37. The SMILES string of the molecule is CC(Br)CC(C)NCC1CCC2(CCCCC2)O1. The second kappa shape index (κ2) is 6.71. The van der Waals surface area contributed by atoms with Crippen molar-refractivity contribution in [1.29, 1.82) is 0 Å². The van der Waals surface area contributed by atoms with E-state index in [-0.39, 0.29) is 5.60 Å². The van der Waals surface area contributed by atoms with E-state index in [1.165, 1.54) is 51.4 Å². The number of hydrogen-bond acceptors (Lipinski definition) is 2. The lowest BCUT2D eigenvalue weighted by molar-refractivity contribution is -0.0628. The van der Waals surface area contributed by atoms with Crippen molar-refractivity contribution >= 4 is 15.9 Å². The summed E-state index contributed by atoms with van der Waals surface area (Å²) in [6, 6.07) is 0.575. The van der Waals surface area contributed by atoms with Gasteiger partial charge in [-0.05, 0) is 39.0 Å². The number of nitrogens with one attached hydrogen (secondary N) is 1. The molecule has 0 aromatic heterocycles. The molecule has 0 bridgehead atoms. The van der Waals surface area contributed by atoms with Crippen molar-refractivity contribution in [2.45, 2.75) is 87.8 Å². The van der Waals surface area contributed by atoms with Crippen molar-refractivity contribution in [2.75, 3.05) is 6.54 Å². The van der Waals surface area contributed by atoms with Crippen molar-refractivity contribution in [3.05, 3.63) is 0 Å². The molecule has 18 heavy (non-hydrogen) atoms. The van der Waals surface area contributed by atoms with Crippen molar-refractivity contribution in [3.8, 4) is 0 Å². The van der Waals surface area contributed by atoms with E-state index in [0.29, 0.717) is 17.0 Å².